The van der Waals surface area contributed by atoms with Gasteiger partial charge in [0.15, 0.2) is 5.78 Å². The first-order chi connectivity index (χ1) is 12.0. The lowest BCUT2D eigenvalue weighted by Gasteiger charge is -2.37. The molecular weight excluding hydrogens is 334 g/mol. The molecule has 2 aromatic heterocycles. The minimum atomic E-state index is 0.00373. The number of likely N-dealkylation sites (tertiary alicyclic amines) is 1. The van der Waals surface area contributed by atoms with Crippen LogP contribution in [0.1, 0.15) is 44.7 Å². The molecular formula is C19H23N3O2S. The molecule has 1 amide bonds. The highest BCUT2D eigenvalue weighted by Crippen LogP contribution is 2.24. The van der Waals surface area contributed by atoms with Crippen LogP contribution in [0.5, 0.6) is 0 Å². The highest BCUT2D eigenvalue weighted by Gasteiger charge is 2.28. The zero-order valence-electron chi connectivity index (χ0n) is 14.6. The number of amides is 1. The zero-order valence-corrected chi connectivity index (χ0v) is 15.5. The van der Waals surface area contributed by atoms with Gasteiger partial charge in [-0.2, -0.15) is 0 Å². The quantitative estimate of drug-likeness (QED) is 0.772. The molecule has 1 aliphatic rings. The van der Waals surface area contributed by atoms with E-state index >= 15 is 0 Å². The fourth-order valence-corrected chi connectivity index (χ4v) is 4.00. The Kier molecular flexibility index (Phi) is 5.60. The number of piperidine rings is 1. The third-order valence-corrected chi connectivity index (χ3v) is 5.83. The van der Waals surface area contributed by atoms with Gasteiger partial charge in [-0.1, -0.05) is 0 Å². The van der Waals surface area contributed by atoms with Crippen molar-refractivity contribution in [2.75, 3.05) is 20.1 Å². The largest absolute Gasteiger partial charge is 0.331 e. The van der Waals surface area contributed by atoms with Crippen molar-refractivity contribution in [3.63, 3.8) is 0 Å². The van der Waals surface area contributed by atoms with Gasteiger partial charge in [0.25, 0.3) is 5.91 Å². The third-order valence-electron chi connectivity index (χ3n) is 4.66. The summed E-state index contributed by atoms with van der Waals surface area (Å²) in [6.45, 7) is 4.09. The molecule has 0 aliphatic carbocycles. The predicted molar refractivity (Wildman–Crippen MR) is 99.0 cm³/mol. The first-order valence-electron chi connectivity index (χ1n) is 8.54. The molecule has 1 saturated heterocycles. The predicted octanol–water partition coefficient (Wildman–Crippen LogP) is 3.08. The lowest BCUT2D eigenvalue weighted by molar-refractivity contribution is 0.0574. The van der Waals surface area contributed by atoms with E-state index in [1.807, 2.05) is 17.0 Å². The molecule has 5 nitrogen and oxygen atoms in total. The Morgan fingerprint density at radius 1 is 1.16 bits per heavy atom. The molecule has 3 heterocycles. The number of pyridine rings is 1. The molecule has 132 valence electrons. The summed E-state index contributed by atoms with van der Waals surface area (Å²) in [4.78, 5) is 34.3. The molecule has 0 radical (unpaired) electrons. The first-order valence-corrected chi connectivity index (χ1v) is 9.35. The molecule has 0 spiro atoms. The normalized spacial score (nSPS) is 15.9. The number of ketones is 1. The molecule has 25 heavy (non-hydrogen) atoms. The van der Waals surface area contributed by atoms with E-state index in [1.54, 1.807) is 24.5 Å². The second kappa shape index (κ2) is 7.89. The number of rotatable bonds is 5. The maximum atomic E-state index is 13.2. The Hall–Kier alpha value is -2.05. The average molecular weight is 357 g/mol. The Bertz CT molecular complexity index is 736. The van der Waals surface area contributed by atoms with Crippen molar-refractivity contribution in [2.24, 2.45) is 0 Å². The van der Waals surface area contributed by atoms with Crippen LogP contribution in [0.2, 0.25) is 0 Å². The summed E-state index contributed by atoms with van der Waals surface area (Å²) in [6.07, 6.45) is 5.45. The van der Waals surface area contributed by atoms with Crippen LogP contribution >= 0.6 is 11.3 Å². The van der Waals surface area contributed by atoms with Gasteiger partial charge >= 0.3 is 0 Å². The van der Waals surface area contributed by atoms with E-state index < -0.39 is 0 Å². The number of aromatic nitrogens is 1. The number of carbonyl (C=O) groups excluding carboxylic acids is 2. The van der Waals surface area contributed by atoms with Crippen LogP contribution in [-0.2, 0) is 6.54 Å². The van der Waals surface area contributed by atoms with Crippen LogP contribution in [0.4, 0.5) is 0 Å². The van der Waals surface area contributed by atoms with Crippen LogP contribution in [0.3, 0.4) is 0 Å². The van der Waals surface area contributed by atoms with Gasteiger partial charge in [-0.15, -0.1) is 11.3 Å². The summed E-state index contributed by atoms with van der Waals surface area (Å²) < 4.78 is 0. The molecule has 1 fully saturated rings. The fraction of sp³-hybridized carbons (Fsp3) is 0.421. The zero-order chi connectivity index (χ0) is 17.8. The Morgan fingerprint density at radius 3 is 2.40 bits per heavy atom. The highest BCUT2D eigenvalue weighted by molar-refractivity contribution is 7.15. The Balaban J connectivity index is 1.83. The van der Waals surface area contributed by atoms with Gasteiger partial charge in [0.2, 0.25) is 0 Å². The molecule has 1 aliphatic heterocycles. The standard InChI is InChI=1S/C19H23N3O2S/c1-14(23)17-3-4-18(25-17)19(24)22(13-15-5-9-20-10-6-15)16-7-11-21(2)12-8-16/h3-6,9-10,16H,7-8,11-13H2,1-2H3. The molecule has 0 unspecified atom stereocenters. The summed E-state index contributed by atoms with van der Waals surface area (Å²) in [6, 6.07) is 7.65. The number of Topliss-reactive ketones (excluding diaryl/α,β-unsaturated/α-hetero) is 1. The number of carbonyl (C=O) groups is 2. The summed E-state index contributed by atoms with van der Waals surface area (Å²) >= 11 is 1.29. The van der Waals surface area contributed by atoms with Crippen molar-refractivity contribution in [3.8, 4) is 0 Å². The van der Waals surface area contributed by atoms with Gasteiger partial charge in [0.05, 0.1) is 9.75 Å². The summed E-state index contributed by atoms with van der Waals surface area (Å²) in [5.74, 6) is 0.0212. The SMILES string of the molecule is CC(=O)c1ccc(C(=O)N(Cc2ccncc2)C2CCN(C)CC2)s1. The Morgan fingerprint density at radius 2 is 1.80 bits per heavy atom. The van der Waals surface area contributed by atoms with Crippen molar-refractivity contribution >= 4 is 23.0 Å². The molecule has 2 aromatic rings. The summed E-state index contributed by atoms with van der Waals surface area (Å²) in [7, 11) is 2.11. The average Bonchev–Trinajstić information content (AvgIpc) is 3.11. The number of nitrogens with zero attached hydrogens (tertiary/aromatic N) is 3. The van der Waals surface area contributed by atoms with E-state index in [9.17, 15) is 9.59 Å². The van der Waals surface area contributed by atoms with E-state index in [0.717, 1.165) is 31.5 Å². The lowest BCUT2D eigenvalue weighted by Crippen LogP contribution is -2.46. The number of hydrogen-bond donors (Lipinski definition) is 0. The van der Waals surface area contributed by atoms with Gasteiger partial charge in [0, 0.05) is 25.0 Å². The third kappa shape index (κ3) is 4.32. The van der Waals surface area contributed by atoms with E-state index in [-0.39, 0.29) is 17.7 Å². The van der Waals surface area contributed by atoms with E-state index in [1.165, 1.54) is 18.3 Å². The number of hydrogen-bond acceptors (Lipinski definition) is 5. The smallest absolute Gasteiger partial charge is 0.264 e. The topological polar surface area (TPSA) is 53.5 Å². The van der Waals surface area contributed by atoms with Crippen LogP contribution in [0.25, 0.3) is 0 Å². The van der Waals surface area contributed by atoms with Gasteiger partial charge < -0.3 is 9.80 Å². The van der Waals surface area contributed by atoms with E-state index in [2.05, 4.69) is 16.9 Å². The summed E-state index contributed by atoms with van der Waals surface area (Å²) in [5.41, 5.74) is 1.07. The number of thiophene rings is 1. The maximum Gasteiger partial charge on any atom is 0.264 e. The van der Waals surface area contributed by atoms with Gasteiger partial charge in [-0.25, -0.2) is 0 Å². The summed E-state index contributed by atoms with van der Waals surface area (Å²) in [5, 5.41) is 0. The van der Waals surface area contributed by atoms with Crippen molar-refractivity contribution in [1.29, 1.82) is 0 Å². The molecule has 0 aromatic carbocycles. The van der Waals surface area contributed by atoms with E-state index in [0.29, 0.717) is 16.3 Å². The fourth-order valence-electron chi connectivity index (χ4n) is 3.14. The van der Waals surface area contributed by atoms with Crippen molar-refractivity contribution < 1.29 is 9.59 Å². The van der Waals surface area contributed by atoms with Crippen LogP contribution in [0, 0.1) is 0 Å². The molecule has 0 saturated carbocycles. The molecule has 0 N–H and O–H groups in total. The second-order valence-electron chi connectivity index (χ2n) is 6.54. The van der Waals surface area contributed by atoms with Crippen molar-refractivity contribution in [3.05, 3.63) is 52.0 Å². The van der Waals surface area contributed by atoms with Gasteiger partial charge in [-0.05, 0) is 69.7 Å². The molecule has 6 heteroatoms. The van der Waals surface area contributed by atoms with Gasteiger partial charge in [-0.3, -0.25) is 14.6 Å². The monoisotopic (exact) mass is 357 g/mol. The van der Waals surface area contributed by atoms with Crippen molar-refractivity contribution in [2.45, 2.75) is 32.4 Å². The molecule has 0 atom stereocenters. The highest BCUT2D eigenvalue weighted by atomic mass is 32.1. The maximum absolute atomic E-state index is 13.2. The van der Waals surface area contributed by atoms with Crippen LogP contribution < -0.4 is 0 Å². The molecule has 0 bridgehead atoms. The second-order valence-corrected chi connectivity index (χ2v) is 7.63. The van der Waals surface area contributed by atoms with Crippen LogP contribution in [-0.4, -0.2) is 52.7 Å². The minimum absolute atomic E-state index is 0.00373. The Labute approximate surface area is 152 Å². The van der Waals surface area contributed by atoms with Gasteiger partial charge in [0.1, 0.15) is 0 Å². The van der Waals surface area contributed by atoms with E-state index in [4.69, 9.17) is 0 Å². The minimum Gasteiger partial charge on any atom is -0.331 e. The first kappa shape index (κ1) is 17.8. The lowest BCUT2D eigenvalue weighted by atomic mass is 10.0. The van der Waals surface area contributed by atoms with Crippen LogP contribution in [0.15, 0.2) is 36.7 Å². The molecule has 3 rings (SSSR count). The van der Waals surface area contributed by atoms with Crippen molar-refractivity contribution in [1.82, 2.24) is 14.8 Å².